The summed E-state index contributed by atoms with van der Waals surface area (Å²) in [5.74, 6) is -0.671. The van der Waals surface area contributed by atoms with Crippen molar-refractivity contribution in [1.29, 1.82) is 0 Å². The third-order valence-electron chi connectivity index (χ3n) is 4.58. The number of benzene rings is 1. The molecule has 0 fully saturated rings. The Morgan fingerprint density at radius 3 is 2.46 bits per heavy atom. The van der Waals surface area contributed by atoms with Crippen LogP contribution in [0.25, 0.3) is 18.2 Å². The standard InChI is InChI=1S/C21H21N3O4/c1-3-24(4-2)16-9-8-13-12-18(25)14(10-15(13)11-16)6-5-7-17-19(26)22-21(28)23-20(17)27/h5-12H,3-4H2,1-2H3,(H3,22,23,26,27,28). The average molecular weight is 379 g/mol. The van der Waals surface area contributed by atoms with E-state index in [2.05, 4.69) is 23.7 Å². The zero-order valence-corrected chi connectivity index (χ0v) is 15.7. The summed E-state index contributed by atoms with van der Waals surface area (Å²) in [5, 5.41) is 11.5. The molecule has 0 bridgehead atoms. The van der Waals surface area contributed by atoms with Crippen molar-refractivity contribution in [2.45, 2.75) is 13.8 Å². The number of carbonyl (C=O) groups excluding carboxylic acids is 1. The minimum Gasteiger partial charge on any atom is -0.494 e. The quantitative estimate of drug-likeness (QED) is 0.652. The number of carbonyl (C=O) groups is 1. The van der Waals surface area contributed by atoms with Gasteiger partial charge < -0.3 is 10.0 Å². The Balaban J connectivity index is 1.98. The lowest BCUT2D eigenvalue weighted by Gasteiger charge is -2.21. The molecule has 2 aromatic rings. The van der Waals surface area contributed by atoms with Crippen LogP contribution >= 0.6 is 0 Å². The fourth-order valence-electron chi connectivity index (χ4n) is 3.08. The number of hydrogen-bond acceptors (Lipinski definition) is 5. The van der Waals surface area contributed by atoms with Crippen LogP contribution in [0.15, 0.2) is 45.5 Å². The van der Waals surface area contributed by atoms with Crippen molar-refractivity contribution in [3.63, 3.8) is 0 Å². The van der Waals surface area contributed by atoms with Gasteiger partial charge in [-0.05, 0) is 54.6 Å². The van der Waals surface area contributed by atoms with Crippen molar-refractivity contribution in [2.24, 2.45) is 0 Å². The first kappa shape index (κ1) is 19.2. The number of hydrogen-bond donors (Lipinski definition) is 3. The second kappa shape index (κ2) is 7.96. The molecule has 28 heavy (non-hydrogen) atoms. The molecule has 144 valence electrons. The van der Waals surface area contributed by atoms with E-state index in [1.165, 1.54) is 12.2 Å². The Morgan fingerprint density at radius 2 is 1.79 bits per heavy atom. The summed E-state index contributed by atoms with van der Waals surface area (Å²) in [5.41, 5.74) is -0.0457. The van der Waals surface area contributed by atoms with E-state index < -0.39 is 17.1 Å². The van der Waals surface area contributed by atoms with E-state index in [0.29, 0.717) is 5.57 Å². The molecule has 1 aromatic heterocycles. The molecular formula is C21H21N3O4. The third kappa shape index (κ3) is 3.88. The molecule has 3 rings (SSSR count). The minimum atomic E-state index is -0.788. The van der Waals surface area contributed by atoms with Crippen LogP contribution in [0.5, 0.6) is 5.88 Å². The highest BCUT2D eigenvalue weighted by Crippen LogP contribution is 2.12. The smallest absolute Gasteiger partial charge is 0.328 e. The number of allylic oxidation sites excluding steroid dienone is 3. The van der Waals surface area contributed by atoms with Gasteiger partial charge in [-0.25, -0.2) is 4.79 Å². The van der Waals surface area contributed by atoms with E-state index >= 15 is 0 Å². The van der Waals surface area contributed by atoms with Crippen LogP contribution < -0.4 is 26.6 Å². The lowest BCUT2D eigenvalue weighted by Crippen LogP contribution is -2.32. The van der Waals surface area contributed by atoms with E-state index in [0.717, 1.165) is 29.2 Å². The SMILES string of the molecule is CCN(CC)c1ccc2c(c1)=CC(=CC=Cc1c(O)[nH]c(=O)[nH]c1=O)C(=O)C=2. The van der Waals surface area contributed by atoms with Crippen molar-refractivity contribution in [2.75, 3.05) is 18.0 Å². The summed E-state index contributed by atoms with van der Waals surface area (Å²) in [4.78, 5) is 41.5. The maximum Gasteiger partial charge on any atom is 0.328 e. The normalized spacial score (nSPS) is 14.6. The lowest BCUT2D eigenvalue weighted by atomic mass is 10.0. The molecule has 0 spiro atoms. The first-order valence-corrected chi connectivity index (χ1v) is 8.99. The predicted octanol–water partition coefficient (Wildman–Crippen LogP) is 0.398. The predicted molar refractivity (Wildman–Crippen MR) is 110 cm³/mol. The van der Waals surface area contributed by atoms with Crippen LogP contribution in [0.2, 0.25) is 0 Å². The fourth-order valence-corrected chi connectivity index (χ4v) is 3.08. The molecule has 0 saturated carbocycles. The Hall–Kier alpha value is -3.61. The van der Waals surface area contributed by atoms with E-state index in [9.17, 15) is 19.5 Å². The van der Waals surface area contributed by atoms with Gasteiger partial charge in [0.1, 0.15) is 0 Å². The number of aromatic hydroxyl groups is 1. The van der Waals surface area contributed by atoms with E-state index in [1.807, 2.05) is 23.2 Å². The van der Waals surface area contributed by atoms with E-state index in [4.69, 9.17) is 0 Å². The topological polar surface area (TPSA) is 106 Å². The highest BCUT2D eigenvalue weighted by molar-refractivity contribution is 6.22. The molecule has 0 atom stereocenters. The van der Waals surface area contributed by atoms with Gasteiger partial charge in [-0.3, -0.25) is 19.6 Å². The monoisotopic (exact) mass is 379 g/mol. The van der Waals surface area contributed by atoms with E-state index in [1.54, 1.807) is 18.2 Å². The zero-order chi connectivity index (χ0) is 20.3. The minimum absolute atomic E-state index is 0.0899. The molecule has 0 radical (unpaired) electrons. The van der Waals surface area contributed by atoms with Gasteiger partial charge in [-0.2, -0.15) is 0 Å². The van der Waals surface area contributed by atoms with Crippen LogP contribution in [-0.4, -0.2) is 33.9 Å². The number of aromatic nitrogens is 2. The van der Waals surface area contributed by atoms with Gasteiger partial charge in [-0.15, -0.1) is 0 Å². The molecule has 1 aromatic carbocycles. The number of ketones is 1. The maximum absolute atomic E-state index is 12.3. The number of fused-ring (bicyclic) bond motifs is 1. The Labute approximate surface area is 160 Å². The highest BCUT2D eigenvalue weighted by Gasteiger charge is 2.10. The van der Waals surface area contributed by atoms with E-state index in [-0.39, 0.29) is 11.3 Å². The highest BCUT2D eigenvalue weighted by atomic mass is 16.3. The zero-order valence-electron chi connectivity index (χ0n) is 15.7. The van der Waals surface area contributed by atoms with Gasteiger partial charge in [0.2, 0.25) is 5.88 Å². The third-order valence-corrected chi connectivity index (χ3v) is 4.58. The van der Waals surface area contributed by atoms with Gasteiger partial charge in [0.15, 0.2) is 5.78 Å². The summed E-state index contributed by atoms with van der Waals surface area (Å²) < 4.78 is 0. The molecular weight excluding hydrogens is 358 g/mol. The Bertz CT molecular complexity index is 1210. The lowest BCUT2D eigenvalue weighted by molar-refractivity contribution is -0.109. The summed E-state index contributed by atoms with van der Waals surface area (Å²) in [7, 11) is 0. The molecule has 0 unspecified atom stereocenters. The second-order valence-electron chi connectivity index (χ2n) is 6.29. The molecule has 3 N–H and O–H groups in total. The Morgan fingerprint density at radius 1 is 1.04 bits per heavy atom. The van der Waals surface area contributed by atoms with Crippen LogP contribution in [0.4, 0.5) is 5.69 Å². The largest absolute Gasteiger partial charge is 0.494 e. The molecule has 1 aliphatic rings. The number of aromatic amines is 2. The van der Waals surface area contributed by atoms with Crippen LogP contribution in [0, 0.1) is 0 Å². The van der Waals surface area contributed by atoms with Crippen molar-refractivity contribution >= 4 is 29.7 Å². The molecule has 0 saturated heterocycles. The number of Topliss-reactive ketones (excluding diaryl/α,β-unsaturated/α-hetero) is 1. The number of nitrogens with zero attached hydrogens (tertiary/aromatic N) is 1. The summed E-state index contributed by atoms with van der Waals surface area (Å²) in [6, 6.07) is 5.98. The molecule has 1 aliphatic carbocycles. The average Bonchev–Trinajstić information content (AvgIpc) is 2.65. The summed E-state index contributed by atoms with van der Waals surface area (Å²) >= 11 is 0. The van der Waals surface area contributed by atoms with Crippen LogP contribution in [0.3, 0.4) is 0 Å². The molecule has 7 heteroatoms. The molecule has 7 nitrogen and oxygen atoms in total. The van der Waals surface area contributed by atoms with Crippen molar-refractivity contribution in [3.8, 4) is 5.88 Å². The second-order valence-corrected chi connectivity index (χ2v) is 6.29. The van der Waals surface area contributed by atoms with Gasteiger partial charge in [0.05, 0.1) is 5.56 Å². The summed E-state index contributed by atoms with van der Waals surface area (Å²) in [6.45, 7) is 5.96. The maximum atomic E-state index is 12.3. The first-order valence-electron chi connectivity index (χ1n) is 8.99. The van der Waals surface area contributed by atoms with Crippen molar-refractivity contribution < 1.29 is 9.90 Å². The number of H-pyrrole nitrogens is 2. The molecule has 0 aliphatic heterocycles. The van der Waals surface area contributed by atoms with Crippen molar-refractivity contribution in [1.82, 2.24) is 9.97 Å². The fraction of sp³-hybridized carbons (Fsp3) is 0.190. The molecule has 0 amide bonds. The first-order chi connectivity index (χ1) is 13.4. The Kier molecular flexibility index (Phi) is 5.44. The van der Waals surface area contributed by atoms with Gasteiger partial charge in [-0.1, -0.05) is 18.2 Å². The van der Waals surface area contributed by atoms with Crippen molar-refractivity contribution in [3.05, 3.63) is 72.8 Å². The number of rotatable bonds is 5. The number of anilines is 1. The van der Waals surface area contributed by atoms with Gasteiger partial charge in [0.25, 0.3) is 5.56 Å². The van der Waals surface area contributed by atoms with Gasteiger partial charge >= 0.3 is 5.69 Å². The summed E-state index contributed by atoms with van der Waals surface area (Å²) in [6.07, 6.45) is 7.76. The number of nitrogens with one attached hydrogen (secondary N) is 2. The van der Waals surface area contributed by atoms with Crippen LogP contribution in [0.1, 0.15) is 19.4 Å². The van der Waals surface area contributed by atoms with Crippen LogP contribution in [-0.2, 0) is 4.79 Å². The van der Waals surface area contributed by atoms with Gasteiger partial charge in [0, 0.05) is 24.4 Å². The molecule has 1 heterocycles.